The van der Waals surface area contributed by atoms with Crippen molar-refractivity contribution in [2.75, 3.05) is 6.66 Å². The number of carbonyl (C=O) groups is 1. The van der Waals surface area contributed by atoms with E-state index in [0.717, 1.165) is 0 Å². The van der Waals surface area contributed by atoms with Crippen LogP contribution in [0.2, 0.25) is 18.1 Å². The molecule has 0 bridgehead atoms. The van der Waals surface area contributed by atoms with E-state index in [9.17, 15) is 9.36 Å². The molecular weight excluding hydrogens is 317 g/mol. The summed E-state index contributed by atoms with van der Waals surface area (Å²) in [6.45, 7) is 13.7. The lowest BCUT2D eigenvalue weighted by atomic mass is 10.2. The Kier molecular flexibility index (Phi) is 5.81. The normalized spacial score (nSPS) is 14.0. The van der Waals surface area contributed by atoms with Crippen molar-refractivity contribution in [3.63, 3.8) is 0 Å². The van der Waals surface area contributed by atoms with Crippen LogP contribution in [0.5, 0.6) is 0 Å². The molecule has 8 heteroatoms. The molecule has 0 saturated carbocycles. The first-order valence-corrected chi connectivity index (χ1v) is 11.9. The predicted octanol–water partition coefficient (Wildman–Crippen LogP) is 3.64. The molecule has 0 saturated heterocycles. The summed E-state index contributed by atoms with van der Waals surface area (Å²) in [7, 11) is -3.46. The van der Waals surface area contributed by atoms with Crippen molar-refractivity contribution in [1.29, 1.82) is 0 Å². The molecule has 1 rings (SSSR count). The number of aromatic nitrogens is 3. The average Bonchev–Trinajstić information content (AvgIpc) is 2.73. The van der Waals surface area contributed by atoms with E-state index in [2.05, 4.69) is 43.9 Å². The standard InChI is InChI=1S/C14H25N3O3PSi/c1-11(18)8-12(20-22(6,7)14(2,3)4)13-15-9-17(16-13)10-21(5)19/h8-9H,10H2,1-7H3/q+1. The van der Waals surface area contributed by atoms with Gasteiger partial charge in [0.05, 0.1) is 0 Å². The van der Waals surface area contributed by atoms with Crippen LogP contribution in [0.4, 0.5) is 0 Å². The number of hydrogen-bond donors (Lipinski definition) is 0. The maximum Gasteiger partial charge on any atom is 0.358 e. The number of rotatable bonds is 6. The van der Waals surface area contributed by atoms with Gasteiger partial charge in [-0.25, -0.2) is 9.67 Å². The third kappa shape index (κ3) is 5.14. The molecule has 0 radical (unpaired) electrons. The molecule has 0 aliphatic rings. The molecule has 0 aliphatic heterocycles. The topological polar surface area (TPSA) is 74.1 Å². The highest BCUT2D eigenvalue weighted by Crippen LogP contribution is 2.39. The summed E-state index contributed by atoms with van der Waals surface area (Å²) in [4.78, 5) is 15.7. The Hall–Kier alpha value is -1.33. The number of allylic oxidation sites excluding steroid dienone is 1. The summed E-state index contributed by atoms with van der Waals surface area (Å²) in [5, 5.41) is 4.27. The van der Waals surface area contributed by atoms with Gasteiger partial charge in [-0.3, -0.25) is 4.79 Å². The van der Waals surface area contributed by atoms with Crippen LogP contribution < -0.4 is 0 Å². The van der Waals surface area contributed by atoms with Crippen LogP contribution in [-0.4, -0.2) is 35.5 Å². The summed E-state index contributed by atoms with van der Waals surface area (Å²) in [6, 6.07) is 0. The van der Waals surface area contributed by atoms with Crippen LogP contribution in [0, 0.1) is 0 Å². The number of ketones is 1. The second-order valence-corrected chi connectivity index (χ2v) is 13.1. The molecule has 122 valence electrons. The minimum absolute atomic E-state index is 0.00178. The Morgan fingerprint density at radius 3 is 2.50 bits per heavy atom. The Labute approximate surface area is 133 Å². The van der Waals surface area contributed by atoms with Crippen LogP contribution in [0.1, 0.15) is 33.5 Å². The summed E-state index contributed by atoms with van der Waals surface area (Å²) in [6.07, 6.45) is 3.23. The van der Waals surface area contributed by atoms with E-state index in [1.807, 2.05) is 0 Å². The van der Waals surface area contributed by atoms with Gasteiger partial charge < -0.3 is 4.43 Å². The molecule has 0 N–H and O–H groups in total. The van der Waals surface area contributed by atoms with E-state index in [-0.39, 0.29) is 10.8 Å². The Bertz CT molecular complexity index is 603. The lowest BCUT2D eigenvalue weighted by Gasteiger charge is -2.36. The van der Waals surface area contributed by atoms with Crippen molar-refractivity contribution in [3.8, 4) is 0 Å². The monoisotopic (exact) mass is 342 g/mol. The highest BCUT2D eigenvalue weighted by molar-refractivity contribution is 7.42. The highest BCUT2D eigenvalue weighted by Gasteiger charge is 2.40. The van der Waals surface area contributed by atoms with Crippen molar-refractivity contribution in [1.82, 2.24) is 14.8 Å². The van der Waals surface area contributed by atoms with Gasteiger partial charge in [-0.1, -0.05) is 25.3 Å². The van der Waals surface area contributed by atoms with Gasteiger partial charge in [0.2, 0.25) is 12.1 Å². The van der Waals surface area contributed by atoms with Gasteiger partial charge >= 0.3 is 7.80 Å². The summed E-state index contributed by atoms with van der Waals surface area (Å²) in [5.74, 6) is 0.632. The molecule has 0 fully saturated rings. The Balaban J connectivity index is 3.13. The second kappa shape index (κ2) is 6.83. The minimum atomic E-state index is -2.11. The lowest BCUT2D eigenvalue weighted by Crippen LogP contribution is -2.40. The molecule has 0 aliphatic carbocycles. The molecule has 1 unspecified atom stereocenters. The van der Waals surface area contributed by atoms with Gasteiger partial charge in [0.1, 0.15) is 13.0 Å². The average molecular weight is 342 g/mol. The molecule has 6 nitrogen and oxygen atoms in total. The van der Waals surface area contributed by atoms with Crippen molar-refractivity contribution in [2.45, 2.75) is 52.1 Å². The third-order valence-corrected chi connectivity index (χ3v) is 8.64. The molecule has 22 heavy (non-hydrogen) atoms. The van der Waals surface area contributed by atoms with E-state index in [4.69, 9.17) is 4.43 Å². The van der Waals surface area contributed by atoms with Crippen LogP contribution in [-0.2, 0) is 20.1 Å². The van der Waals surface area contributed by atoms with Gasteiger partial charge in [0.15, 0.2) is 11.5 Å². The Morgan fingerprint density at radius 1 is 1.45 bits per heavy atom. The zero-order chi connectivity index (χ0) is 17.1. The predicted molar refractivity (Wildman–Crippen MR) is 90.5 cm³/mol. The zero-order valence-corrected chi connectivity index (χ0v) is 16.3. The maximum absolute atomic E-state index is 11.5. The van der Waals surface area contributed by atoms with Crippen molar-refractivity contribution in [2.24, 2.45) is 0 Å². The number of carbonyl (C=O) groups excluding carboxylic acids is 1. The van der Waals surface area contributed by atoms with Gasteiger partial charge in [0.25, 0.3) is 8.32 Å². The van der Waals surface area contributed by atoms with Crippen LogP contribution in [0.3, 0.4) is 0 Å². The molecule has 1 atom stereocenters. The van der Waals surface area contributed by atoms with E-state index >= 15 is 0 Å². The second-order valence-electron chi connectivity index (χ2n) is 6.86. The lowest BCUT2D eigenvalue weighted by molar-refractivity contribution is -0.112. The zero-order valence-electron chi connectivity index (χ0n) is 14.4. The highest BCUT2D eigenvalue weighted by atomic mass is 31.1. The molecular formula is C14H25N3O3PSi+. The fourth-order valence-electron chi connectivity index (χ4n) is 1.43. The van der Waals surface area contributed by atoms with E-state index < -0.39 is 16.1 Å². The van der Waals surface area contributed by atoms with Crippen LogP contribution >= 0.6 is 7.80 Å². The van der Waals surface area contributed by atoms with Gasteiger partial charge in [-0.05, 0) is 25.1 Å². The number of nitrogens with zero attached hydrogens (tertiary/aromatic N) is 3. The third-order valence-electron chi connectivity index (χ3n) is 3.61. The first-order chi connectivity index (χ1) is 9.92. The van der Waals surface area contributed by atoms with Crippen molar-refractivity contribution < 1.29 is 13.8 Å². The van der Waals surface area contributed by atoms with Gasteiger partial charge in [-0.15, -0.1) is 5.10 Å². The molecule has 1 aromatic rings. The largest absolute Gasteiger partial charge is 0.541 e. The molecule has 0 aromatic carbocycles. The first-order valence-electron chi connectivity index (χ1n) is 7.12. The fraction of sp³-hybridized carbons (Fsp3) is 0.643. The minimum Gasteiger partial charge on any atom is -0.541 e. The maximum atomic E-state index is 11.5. The van der Waals surface area contributed by atoms with Gasteiger partial charge in [-0.2, -0.15) is 0 Å². The van der Waals surface area contributed by atoms with E-state index in [1.54, 1.807) is 6.66 Å². The van der Waals surface area contributed by atoms with Crippen molar-refractivity contribution in [3.05, 3.63) is 18.2 Å². The van der Waals surface area contributed by atoms with Crippen molar-refractivity contribution >= 4 is 27.7 Å². The first kappa shape index (κ1) is 18.7. The molecule has 1 aromatic heterocycles. The summed E-state index contributed by atoms with van der Waals surface area (Å²) < 4.78 is 19.0. The SMILES string of the molecule is CC(=O)C=C(O[Si](C)(C)C(C)(C)C)c1ncn(C[P+](C)=O)n1. The molecule has 0 spiro atoms. The van der Waals surface area contributed by atoms with Gasteiger partial charge in [0, 0.05) is 6.08 Å². The summed E-state index contributed by atoms with van der Waals surface area (Å²) >= 11 is 0. The fourth-order valence-corrected chi connectivity index (χ4v) is 2.98. The molecule has 1 heterocycles. The quantitative estimate of drug-likeness (QED) is 0.341. The number of hydrogen-bond acceptors (Lipinski definition) is 5. The molecule has 0 amide bonds. The Morgan fingerprint density at radius 2 is 2.05 bits per heavy atom. The van der Waals surface area contributed by atoms with Crippen LogP contribution in [0.15, 0.2) is 12.4 Å². The smallest absolute Gasteiger partial charge is 0.358 e. The van der Waals surface area contributed by atoms with E-state index in [0.29, 0.717) is 17.9 Å². The van der Waals surface area contributed by atoms with Crippen LogP contribution in [0.25, 0.3) is 5.76 Å². The van der Waals surface area contributed by atoms with E-state index in [1.165, 1.54) is 24.0 Å². The summed E-state index contributed by atoms with van der Waals surface area (Å²) in [5.41, 5.74) is 0.